The minimum atomic E-state index is -0.107. The number of alkyl halides is 1. The van der Waals surface area contributed by atoms with E-state index >= 15 is 0 Å². The molecule has 0 atom stereocenters. The molecule has 1 aromatic carbocycles. The molecular formula is C13H18ClNO. The van der Waals surface area contributed by atoms with Crippen molar-refractivity contribution in [2.24, 2.45) is 0 Å². The molecule has 0 aliphatic carbocycles. The smallest absolute Gasteiger partial charge is 0.234 e. The fourth-order valence-electron chi connectivity index (χ4n) is 1.55. The van der Waals surface area contributed by atoms with E-state index in [2.05, 4.69) is 36.5 Å². The number of benzene rings is 1. The fourth-order valence-corrected chi connectivity index (χ4v) is 1.65. The van der Waals surface area contributed by atoms with Crippen LogP contribution in [0.1, 0.15) is 24.5 Å². The molecule has 16 heavy (non-hydrogen) atoms. The van der Waals surface area contributed by atoms with Gasteiger partial charge in [-0.15, -0.1) is 11.6 Å². The molecule has 0 aromatic heterocycles. The molecule has 0 saturated heterocycles. The lowest BCUT2D eigenvalue weighted by atomic mass is 10.1. The second-order valence-electron chi connectivity index (χ2n) is 3.80. The number of amides is 1. The lowest BCUT2D eigenvalue weighted by Crippen LogP contribution is -2.26. The molecule has 0 radical (unpaired) electrons. The zero-order valence-corrected chi connectivity index (χ0v) is 10.4. The summed E-state index contributed by atoms with van der Waals surface area (Å²) in [5.74, 6) is -0.0700. The normalized spacial score (nSPS) is 10.1. The van der Waals surface area contributed by atoms with Crippen molar-refractivity contribution >= 4 is 17.5 Å². The van der Waals surface area contributed by atoms with E-state index in [1.165, 1.54) is 17.5 Å². The van der Waals surface area contributed by atoms with Gasteiger partial charge in [-0.05, 0) is 24.0 Å². The molecule has 0 unspecified atom stereocenters. The zero-order valence-electron chi connectivity index (χ0n) is 9.63. The highest BCUT2D eigenvalue weighted by atomic mass is 35.5. The highest BCUT2D eigenvalue weighted by Crippen LogP contribution is 2.06. The van der Waals surface area contributed by atoms with Gasteiger partial charge in [-0.1, -0.05) is 37.6 Å². The minimum Gasteiger partial charge on any atom is -0.355 e. The highest BCUT2D eigenvalue weighted by Gasteiger charge is 1.98. The summed E-state index contributed by atoms with van der Waals surface area (Å²) >= 11 is 5.38. The van der Waals surface area contributed by atoms with Crippen molar-refractivity contribution < 1.29 is 4.79 Å². The van der Waals surface area contributed by atoms with E-state index in [4.69, 9.17) is 11.6 Å². The van der Waals surface area contributed by atoms with Crippen LogP contribution in [0.15, 0.2) is 24.3 Å². The van der Waals surface area contributed by atoms with Crippen molar-refractivity contribution in [2.45, 2.75) is 26.2 Å². The van der Waals surface area contributed by atoms with Crippen molar-refractivity contribution in [3.8, 4) is 0 Å². The van der Waals surface area contributed by atoms with Gasteiger partial charge in [0.2, 0.25) is 5.91 Å². The number of hydrogen-bond donors (Lipinski definition) is 1. The Hall–Kier alpha value is -1.02. The standard InChI is InChI=1S/C13H18ClNO/c1-2-3-11-4-6-12(7-5-11)8-9-15-13(16)10-14/h4-7H,2-3,8-10H2,1H3,(H,15,16). The molecule has 0 bridgehead atoms. The summed E-state index contributed by atoms with van der Waals surface area (Å²) in [4.78, 5) is 10.9. The van der Waals surface area contributed by atoms with Gasteiger partial charge in [0.25, 0.3) is 0 Å². The molecule has 1 aromatic rings. The molecule has 88 valence electrons. The van der Waals surface area contributed by atoms with Crippen LogP contribution in [0.4, 0.5) is 0 Å². The summed E-state index contributed by atoms with van der Waals surface area (Å²) in [5.41, 5.74) is 2.62. The second kappa shape index (κ2) is 7.29. The molecular weight excluding hydrogens is 222 g/mol. The first kappa shape index (κ1) is 13.0. The third-order valence-corrected chi connectivity index (χ3v) is 2.66. The Kier molecular flexibility index (Phi) is 5.94. The van der Waals surface area contributed by atoms with Gasteiger partial charge in [-0.2, -0.15) is 0 Å². The molecule has 0 spiro atoms. The molecule has 1 rings (SSSR count). The van der Waals surface area contributed by atoms with Crippen molar-refractivity contribution in [1.82, 2.24) is 5.32 Å². The van der Waals surface area contributed by atoms with Crippen LogP contribution < -0.4 is 5.32 Å². The van der Waals surface area contributed by atoms with Crippen LogP contribution in [0.2, 0.25) is 0 Å². The Balaban J connectivity index is 2.34. The lowest BCUT2D eigenvalue weighted by molar-refractivity contribution is -0.118. The molecule has 1 N–H and O–H groups in total. The lowest BCUT2D eigenvalue weighted by Gasteiger charge is -2.04. The summed E-state index contributed by atoms with van der Waals surface area (Å²) in [6.45, 7) is 2.83. The molecule has 1 amide bonds. The molecule has 0 heterocycles. The molecule has 0 aliphatic heterocycles. The van der Waals surface area contributed by atoms with Gasteiger partial charge in [0, 0.05) is 6.54 Å². The van der Waals surface area contributed by atoms with Gasteiger partial charge in [-0.25, -0.2) is 0 Å². The van der Waals surface area contributed by atoms with Crippen LogP contribution in [0.3, 0.4) is 0 Å². The number of nitrogens with one attached hydrogen (secondary N) is 1. The van der Waals surface area contributed by atoms with E-state index in [1.54, 1.807) is 0 Å². The summed E-state index contributed by atoms with van der Waals surface area (Å²) < 4.78 is 0. The van der Waals surface area contributed by atoms with Gasteiger partial charge in [-0.3, -0.25) is 4.79 Å². The third-order valence-electron chi connectivity index (χ3n) is 2.42. The Labute approximate surface area is 102 Å². The van der Waals surface area contributed by atoms with Crippen LogP contribution >= 0.6 is 11.6 Å². The molecule has 0 fully saturated rings. The summed E-state index contributed by atoms with van der Waals surface area (Å²) in [6, 6.07) is 8.56. The zero-order chi connectivity index (χ0) is 11.8. The van der Waals surface area contributed by atoms with Crippen molar-refractivity contribution in [2.75, 3.05) is 12.4 Å². The maximum atomic E-state index is 10.9. The van der Waals surface area contributed by atoms with E-state index in [0.717, 1.165) is 12.8 Å². The molecule has 2 nitrogen and oxygen atoms in total. The Morgan fingerprint density at radius 1 is 1.19 bits per heavy atom. The second-order valence-corrected chi connectivity index (χ2v) is 4.07. The van der Waals surface area contributed by atoms with Gasteiger partial charge in [0.1, 0.15) is 5.88 Å². The Morgan fingerprint density at radius 3 is 2.25 bits per heavy atom. The monoisotopic (exact) mass is 239 g/mol. The number of carbonyl (C=O) groups is 1. The van der Waals surface area contributed by atoms with Crippen molar-refractivity contribution in [3.63, 3.8) is 0 Å². The average molecular weight is 240 g/mol. The number of rotatable bonds is 6. The van der Waals surface area contributed by atoms with E-state index in [9.17, 15) is 4.79 Å². The predicted octanol–water partition coefficient (Wildman–Crippen LogP) is 2.54. The van der Waals surface area contributed by atoms with Crippen molar-refractivity contribution in [1.29, 1.82) is 0 Å². The maximum absolute atomic E-state index is 10.9. The first-order valence-electron chi connectivity index (χ1n) is 5.66. The van der Waals surface area contributed by atoms with Crippen LogP contribution in [-0.4, -0.2) is 18.3 Å². The highest BCUT2D eigenvalue weighted by molar-refractivity contribution is 6.27. The van der Waals surface area contributed by atoms with Gasteiger partial charge in [0.15, 0.2) is 0 Å². The number of halogens is 1. The predicted molar refractivity (Wildman–Crippen MR) is 67.9 cm³/mol. The van der Waals surface area contributed by atoms with E-state index < -0.39 is 0 Å². The fraction of sp³-hybridized carbons (Fsp3) is 0.462. The van der Waals surface area contributed by atoms with Crippen LogP contribution in [0, 0.1) is 0 Å². The first-order valence-corrected chi connectivity index (χ1v) is 6.20. The topological polar surface area (TPSA) is 29.1 Å². The summed E-state index contributed by atoms with van der Waals surface area (Å²) in [6.07, 6.45) is 3.16. The maximum Gasteiger partial charge on any atom is 0.234 e. The molecule has 0 saturated carbocycles. The Morgan fingerprint density at radius 2 is 1.75 bits per heavy atom. The summed E-state index contributed by atoms with van der Waals surface area (Å²) in [5, 5.41) is 2.75. The van der Waals surface area contributed by atoms with Gasteiger partial charge in [0.05, 0.1) is 0 Å². The minimum absolute atomic E-state index is 0.0371. The number of carbonyl (C=O) groups excluding carboxylic acids is 1. The van der Waals surface area contributed by atoms with Gasteiger partial charge >= 0.3 is 0 Å². The average Bonchev–Trinajstić information content (AvgIpc) is 2.31. The van der Waals surface area contributed by atoms with E-state index in [1.807, 2.05) is 0 Å². The summed E-state index contributed by atoms with van der Waals surface area (Å²) in [7, 11) is 0. The van der Waals surface area contributed by atoms with Gasteiger partial charge < -0.3 is 5.32 Å². The van der Waals surface area contributed by atoms with Crippen LogP contribution in [-0.2, 0) is 17.6 Å². The molecule has 0 aliphatic rings. The first-order chi connectivity index (χ1) is 7.76. The van der Waals surface area contributed by atoms with Crippen molar-refractivity contribution in [3.05, 3.63) is 35.4 Å². The van der Waals surface area contributed by atoms with Crippen LogP contribution in [0.25, 0.3) is 0 Å². The Bertz CT molecular complexity index is 321. The quantitative estimate of drug-likeness (QED) is 0.760. The molecule has 3 heteroatoms. The SMILES string of the molecule is CCCc1ccc(CCNC(=O)CCl)cc1. The van der Waals surface area contributed by atoms with Crippen LogP contribution in [0.5, 0.6) is 0 Å². The van der Waals surface area contributed by atoms with E-state index in [0.29, 0.717) is 6.54 Å². The number of aryl methyl sites for hydroxylation is 1. The third kappa shape index (κ3) is 4.67. The largest absolute Gasteiger partial charge is 0.355 e. The number of hydrogen-bond acceptors (Lipinski definition) is 1. The van der Waals surface area contributed by atoms with E-state index in [-0.39, 0.29) is 11.8 Å².